The maximum atomic E-state index is 12.8. The van der Waals surface area contributed by atoms with E-state index in [0.29, 0.717) is 61.0 Å². The smallest absolute Gasteiger partial charge is 0.294 e. The number of fused-ring (bicyclic) bond motifs is 1. The van der Waals surface area contributed by atoms with Crippen molar-refractivity contribution in [3.63, 3.8) is 0 Å². The van der Waals surface area contributed by atoms with Gasteiger partial charge in [0.05, 0.1) is 14.2 Å². The van der Waals surface area contributed by atoms with E-state index >= 15 is 0 Å². The lowest BCUT2D eigenvalue weighted by Crippen LogP contribution is -2.43. The number of nitrogens with zero attached hydrogens (tertiary/aromatic N) is 4. The van der Waals surface area contributed by atoms with Gasteiger partial charge in [0.25, 0.3) is 5.56 Å². The van der Waals surface area contributed by atoms with Crippen molar-refractivity contribution < 1.29 is 14.3 Å². The Labute approximate surface area is 186 Å². The fourth-order valence-electron chi connectivity index (χ4n) is 4.03. The van der Waals surface area contributed by atoms with Gasteiger partial charge in [-0.05, 0) is 37.1 Å². The van der Waals surface area contributed by atoms with Gasteiger partial charge in [-0.15, -0.1) is 0 Å². The van der Waals surface area contributed by atoms with Crippen molar-refractivity contribution in [2.45, 2.75) is 19.4 Å². The second-order valence-electron chi connectivity index (χ2n) is 7.80. The van der Waals surface area contributed by atoms with E-state index in [4.69, 9.17) is 9.47 Å². The highest BCUT2D eigenvalue weighted by molar-refractivity contribution is 5.79. The lowest BCUT2D eigenvalue weighted by molar-refractivity contribution is -0.125. The Balaban J connectivity index is 1.39. The van der Waals surface area contributed by atoms with Crippen molar-refractivity contribution in [1.82, 2.24) is 19.9 Å². The molecule has 3 heterocycles. The van der Waals surface area contributed by atoms with Crippen LogP contribution in [0.15, 0.2) is 41.3 Å². The summed E-state index contributed by atoms with van der Waals surface area (Å²) < 4.78 is 12.1. The van der Waals surface area contributed by atoms with Gasteiger partial charge in [-0.25, -0.2) is 9.97 Å². The number of carbonyl (C=O) groups is 1. The first-order valence-corrected chi connectivity index (χ1v) is 10.6. The topological polar surface area (TPSA) is 98.6 Å². The molecule has 32 heavy (non-hydrogen) atoms. The van der Waals surface area contributed by atoms with Gasteiger partial charge < -0.3 is 19.7 Å². The summed E-state index contributed by atoms with van der Waals surface area (Å²) >= 11 is 0. The van der Waals surface area contributed by atoms with Crippen molar-refractivity contribution in [2.75, 3.05) is 32.2 Å². The monoisotopic (exact) mass is 437 g/mol. The van der Waals surface area contributed by atoms with Crippen molar-refractivity contribution in [3.8, 4) is 11.5 Å². The van der Waals surface area contributed by atoms with Gasteiger partial charge in [0, 0.05) is 50.4 Å². The first-order chi connectivity index (χ1) is 15.5. The molecule has 0 radical (unpaired) electrons. The highest BCUT2D eigenvalue weighted by Crippen LogP contribution is 2.25. The van der Waals surface area contributed by atoms with E-state index in [9.17, 15) is 9.59 Å². The number of pyridine rings is 1. The number of hydrogen-bond donors (Lipinski definition) is 1. The molecule has 168 valence electrons. The molecule has 1 saturated heterocycles. The fraction of sp³-hybridized carbons (Fsp3) is 0.391. The molecule has 0 saturated carbocycles. The molecule has 3 aromatic rings. The van der Waals surface area contributed by atoms with Crippen LogP contribution >= 0.6 is 0 Å². The molecule has 1 aliphatic heterocycles. The molecule has 0 atom stereocenters. The van der Waals surface area contributed by atoms with Gasteiger partial charge in [-0.3, -0.25) is 14.2 Å². The van der Waals surface area contributed by atoms with Gasteiger partial charge in [0.15, 0.2) is 11.5 Å². The molecule has 1 aromatic carbocycles. The highest BCUT2D eigenvalue weighted by atomic mass is 16.5. The molecular weight excluding hydrogens is 410 g/mol. The van der Waals surface area contributed by atoms with Crippen LogP contribution in [0.5, 0.6) is 11.5 Å². The zero-order chi connectivity index (χ0) is 22.7. The second kappa shape index (κ2) is 9.25. The number of amides is 1. The van der Waals surface area contributed by atoms with Gasteiger partial charge in [-0.2, -0.15) is 0 Å². The van der Waals surface area contributed by atoms with Crippen LogP contribution in [0.25, 0.3) is 11.2 Å². The number of rotatable bonds is 6. The Kier molecular flexibility index (Phi) is 6.25. The summed E-state index contributed by atoms with van der Waals surface area (Å²) in [7, 11) is 4.90. The summed E-state index contributed by atoms with van der Waals surface area (Å²) in [6, 6.07) is 9.18. The lowest BCUT2D eigenvalue weighted by Gasteiger charge is -2.32. The van der Waals surface area contributed by atoms with Crippen molar-refractivity contribution >= 4 is 22.9 Å². The molecule has 0 unspecified atom stereocenters. The quantitative estimate of drug-likeness (QED) is 0.629. The summed E-state index contributed by atoms with van der Waals surface area (Å²) in [6.45, 7) is 1.57. The number of aromatic nitrogens is 3. The number of carbonyl (C=O) groups excluding carboxylic acids is 1. The number of hydrogen-bond acceptors (Lipinski definition) is 7. The number of methoxy groups -OCH3 is 2. The van der Waals surface area contributed by atoms with E-state index in [0.717, 1.165) is 5.56 Å². The van der Waals surface area contributed by atoms with Gasteiger partial charge in [-0.1, -0.05) is 0 Å². The third-order valence-electron chi connectivity index (χ3n) is 5.92. The number of nitrogens with one attached hydrogen (secondary N) is 1. The maximum absolute atomic E-state index is 12.8. The first-order valence-electron chi connectivity index (χ1n) is 10.6. The Hall–Kier alpha value is -3.62. The minimum Gasteiger partial charge on any atom is -0.497 e. The van der Waals surface area contributed by atoms with Crippen LogP contribution < -0.4 is 25.2 Å². The third-order valence-corrected chi connectivity index (χ3v) is 5.92. The molecule has 2 aromatic heterocycles. The fourth-order valence-corrected chi connectivity index (χ4v) is 4.03. The lowest BCUT2D eigenvalue weighted by atomic mass is 9.96. The standard InChI is InChI=1S/C23H27N5O4/c1-27-20-18(5-4-10-24-20)26-21(23(27)30)28-11-8-15(9-12-28)22(29)25-14-16-6-7-17(31-2)13-19(16)32-3/h4-7,10,13,15H,8-9,11-12,14H2,1-3H3,(H,25,29). The average Bonchev–Trinajstić information content (AvgIpc) is 2.84. The van der Waals surface area contributed by atoms with Crippen LogP contribution in [0.2, 0.25) is 0 Å². The third kappa shape index (κ3) is 4.23. The number of benzene rings is 1. The minimum absolute atomic E-state index is 0.00564. The SMILES string of the molecule is COc1ccc(CNC(=O)C2CCN(c3nc4cccnc4n(C)c3=O)CC2)c(OC)c1. The second-order valence-corrected chi connectivity index (χ2v) is 7.80. The van der Waals surface area contributed by atoms with E-state index in [1.165, 1.54) is 4.57 Å². The zero-order valence-electron chi connectivity index (χ0n) is 18.5. The van der Waals surface area contributed by atoms with E-state index in [1.54, 1.807) is 39.6 Å². The number of anilines is 1. The molecule has 4 rings (SSSR count). The molecule has 1 N–H and O–H groups in total. The van der Waals surface area contributed by atoms with Gasteiger partial charge in [0.2, 0.25) is 5.91 Å². The molecule has 9 nitrogen and oxygen atoms in total. The van der Waals surface area contributed by atoms with Crippen LogP contribution in [-0.2, 0) is 18.4 Å². The molecule has 0 spiro atoms. The summed E-state index contributed by atoms with van der Waals surface area (Å²) in [4.78, 5) is 36.3. The molecule has 0 aliphatic carbocycles. The largest absolute Gasteiger partial charge is 0.497 e. The van der Waals surface area contributed by atoms with Crippen molar-refractivity contribution in [2.24, 2.45) is 13.0 Å². The summed E-state index contributed by atoms with van der Waals surface area (Å²) in [6.07, 6.45) is 2.96. The Morgan fingerprint density at radius 3 is 2.69 bits per heavy atom. The zero-order valence-corrected chi connectivity index (χ0v) is 18.5. The number of ether oxygens (including phenoxy) is 2. The number of aryl methyl sites for hydroxylation is 1. The predicted octanol–water partition coefficient (Wildman–Crippen LogP) is 1.88. The molecule has 9 heteroatoms. The first kappa shape index (κ1) is 21.6. The summed E-state index contributed by atoms with van der Waals surface area (Å²) in [5, 5.41) is 3.01. The molecule has 1 aliphatic rings. The van der Waals surface area contributed by atoms with E-state index in [-0.39, 0.29) is 17.4 Å². The van der Waals surface area contributed by atoms with Crippen molar-refractivity contribution in [3.05, 3.63) is 52.4 Å². The van der Waals surface area contributed by atoms with E-state index in [2.05, 4.69) is 15.3 Å². The highest BCUT2D eigenvalue weighted by Gasteiger charge is 2.27. The molecule has 1 fully saturated rings. The van der Waals surface area contributed by atoms with E-state index in [1.807, 2.05) is 23.1 Å². The summed E-state index contributed by atoms with van der Waals surface area (Å²) in [5.74, 6) is 1.68. The summed E-state index contributed by atoms with van der Waals surface area (Å²) in [5.41, 5.74) is 1.95. The van der Waals surface area contributed by atoms with E-state index < -0.39 is 0 Å². The molecule has 0 bridgehead atoms. The minimum atomic E-state index is -0.175. The van der Waals surface area contributed by atoms with Crippen LogP contribution in [0.3, 0.4) is 0 Å². The van der Waals surface area contributed by atoms with Crippen LogP contribution in [0.4, 0.5) is 5.82 Å². The van der Waals surface area contributed by atoms with Crippen LogP contribution in [-0.4, -0.2) is 47.8 Å². The normalized spacial score (nSPS) is 14.4. The van der Waals surface area contributed by atoms with Crippen molar-refractivity contribution in [1.29, 1.82) is 0 Å². The number of piperidine rings is 1. The van der Waals surface area contributed by atoms with Gasteiger partial charge >= 0.3 is 0 Å². The maximum Gasteiger partial charge on any atom is 0.294 e. The average molecular weight is 438 g/mol. The predicted molar refractivity (Wildman–Crippen MR) is 121 cm³/mol. The Morgan fingerprint density at radius 1 is 1.19 bits per heavy atom. The molecular formula is C23H27N5O4. The van der Waals surface area contributed by atoms with Gasteiger partial charge in [0.1, 0.15) is 17.0 Å². The van der Waals surface area contributed by atoms with Crippen LogP contribution in [0, 0.1) is 5.92 Å². The Bertz CT molecular complexity index is 1180. The van der Waals surface area contributed by atoms with Crippen LogP contribution in [0.1, 0.15) is 18.4 Å². The molecule has 1 amide bonds. The Morgan fingerprint density at radius 2 is 1.97 bits per heavy atom.